The molecule has 0 aliphatic rings. The van der Waals surface area contributed by atoms with Crippen LogP contribution in [0.1, 0.15) is 6.92 Å². The number of amides is 3. The van der Waals surface area contributed by atoms with Crippen LogP contribution in [0.4, 0.5) is 10.5 Å². The summed E-state index contributed by atoms with van der Waals surface area (Å²) >= 11 is 0. The maximum Gasteiger partial charge on any atom is 0.332 e. The second-order valence-electron chi connectivity index (χ2n) is 2.99. The molecule has 4 N–H and O–H groups in total. The minimum absolute atomic E-state index is 0.114. The minimum atomic E-state index is -0.813. The Morgan fingerprint density at radius 1 is 1.25 bits per heavy atom. The number of nitrogens with zero attached hydrogens (tertiary/aromatic N) is 1. The number of rotatable bonds is 3. The Labute approximate surface area is 92.5 Å². The second kappa shape index (κ2) is 5.50. The van der Waals surface area contributed by atoms with E-state index in [9.17, 15) is 9.59 Å². The highest BCUT2D eigenvalue weighted by Gasteiger charge is 2.06. The number of urea groups is 1. The standard InChI is InChI=1S/C10H12N4O2/c1-7(13-14-10(11)16)9(15)12-8-5-3-2-4-6-8/h2-6H,1H3,(H,12,15)(H3,11,14,16). The molecule has 0 saturated heterocycles. The lowest BCUT2D eigenvalue weighted by Gasteiger charge is -2.03. The van der Waals surface area contributed by atoms with Crippen molar-refractivity contribution in [2.45, 2.75) is 6.92 Å². The van der Waals surface area contributed by atoms with Gasteiger partial charge in [0, 0.05) is 5.69 Å². The lowest BCUT2D eigenvalue weighted by atomic mass is 10.3. The molecule has 6 nitrogen and oxygen atoms in total. The fraction of sp³-hybridized carbons (Fsp3) is 0.100. The van der Waals surface area contributed by atoms with Gasteiger partial charge in [0.1, 0.15) is 5.71 Å². The molecule has 0 atom stereocenters. The molecule has 0 aromatic heterocycles. The van der Waals surface area contributed by atoms with Crippen LogP contribution in [-0.4, -0.2) is 17.6 Å². The van der Waals surface area contributed by atoms with Crippen LogP contribution in [0.15, 0.2) is 35.4 Å². The van der Waals surface area contributed by atoms with Crippen molar-refractivity contribution in [3.63, 3.8) is 0 Å². The first-order valence-corrected chi connectivity index (χ1v) is 4.55. The Morgan fingerprint density at radius 3 is 2.44 bits per heavy atom. The van der Waals surface area contributed by atoms with Crippen LogP contribution < -0.4 is 16.5 Å². The first-order chi connectivity index (χ1) is 7.59. The molecule has 0 saturated carbocycles. The van der Waals surface area contributed by atoms with E-state index in [0.29, 0.717) is 5.69 Å². The number of nitrogens with one attached hydrogen (secondary N) is 2. The Kier molecular flexibility index (Phi) is 4.02. The molecule has 1 aromatic rings. The normalized spacial score (nSPS) is 10.7. The molecule has 0 fully saturated rings. The number of nitrogens with two attached hydrogens (primary N) is 1. The van der Waals surface area contributed by atoms with Gasteiger partial charge in [-0.15, -0.1) is 0 Å². The summed E-state index contributed by atoms with van der Waals surface area (Å²) in [6, 6.07) is 8.10. The number of carbonyl (C=O) groups is 2. The van der Waals surface area contributed by atoms with Gasteiger partial charge in [-0.2, -0.15) is 5.10 Å². The van der Waals surface area contributed by atoms with Gasteiger partial charge in [0.05, 0.1) is 0 Å². The van der Waals surface area contributed by atoms with Crippen molar-refractivity contribution in [3.05, 3.63) is 30.3 Å². The third-order valence-electron chi connectivity index (χ3n) is 1.69. The van der Waals surface area contributed by atoms with E-state index in [1.165, 1.54) is 6.92 Å². The van der Waals surface area contributed by atoms with Crippen molar-refractivity contribution in [2.24, 2.45) is 10.8 Å². The maximum absolute atomic E-state index is 11.5. The van der Waals surface area contributed by atoms with Gasteiger partial charge >= 0.3 is 6.03 Å². The van der Waals surface area contributed by atoms with Crippen molar-refractivity contribution < 1.29 is 9.59 Å². The molecule has 0 unspecified atom stereocenters. The van der Waals surface area contributed by atoms with Crippen LogP contribution in [0.5, 0.6) is 0 Å². The predicted octanol–water partition coefficient (Wildman–Crippen LogP) is 0.669. The molecule has 16 heavy (non-hydrogen) atoms. The monoisotopic (exact) mass is 220 g/mol. The largest absolute Gasteiger partial charge is 0.350 e. The number of anilines is 1. The molecule has 6 heteroatoms. The van der Waals surface area contributed by atoms with Gasteiger partial charge in [0.25, 0.3) is 5.91 Å². The zero-order valence-electron chi connectivity index (χ0n) is 8.73. The van der Waals surface area contributed by atoms with Gasteiger partial charge in [-0.05, 0) is 19.1 Å². The third kappa shape index (κ3) is 3.79. The molecular formula is C10H12N4O2. The zero-order valence-corrected chi connectivity index (χ0v) is 8.73. The van der Waals surface area contributed by atoms with Crippen molar-refractivity contribution >= 4 is 23.3 Å². The topological polar surface area (TPSA) is 96.6 Å². The quantitative estimate of drug-likeness (QED) is 0.515. The fourth-order valence-corrected chi connectivity index (χ4v) is 0.933. The molecular weight excluding hydrogens is 208 g/mol. The Bertz CT molecular complexity index is 414. The first kappa shape index (κ1) is 11.7. The van der Waals surface area contributed by atoms with E-state index >= 15 is 0 Å². The third-order valence-corrected chi connectivity index (χ3v) is 1.69. The average molecular weight is 220 g/mol. The van der Waals surface area contributed by atoms with Crippen LogP contribution >= 0.6 is 0 Å². The second-order valence-corrected chi connectivity index (χ2v) is 2.99. The summed E-state index contributed by atoms with van der Waals surface area (Å²) in [6.45, 7) is 1.47. The molecule has 1 aromatic carbocycles. The smallest absolute Gasteiger partial charge is 0.332 e. The molecule has 3 amide bonds. The predicted molar refractivity (Wildman–Crippen MR) is 60.9 cm³/mol. The van der Waals surface area contributed by atoms with E-state index in [2.05, 4.69) is 10.4 Å². The van der Waals surface area contributed by atoms with Crippen LogP contribution in [0.25, 0.3) is 0 Å². The van der Waals surface area contributed by atoms with E-state index in [1.54, 1.807) is 24.3 Å². The number of hydrogen-bond donors (Lipinski definition) is 3. The molecule has 0 aliphatic heterocycles. The van der Waals surface area contributed by atoms with Crippen molar-refractivity contribution in [1.82, 2.24) is 5.43 Å². The van der Waals surface area contributed by atoms with Gasteiger partial charge in [0.15, 0.2) is 0 Å². The Morgan fingerprint density at radius 2 is 1.88 bits per heavy atom. The van der Waals surface area contributed by atoms with E-state index < -0.39 is 11.9 Å². The molecule has 84 valence electrons. The highest BCUT2D eigenvalue weighted by atomic mass is 16.2. The number of primary amides is 1. The zero-order chi connectivity index (χ0) is 12.0. The number of hydrazone groups is 1. The van der Waals surface area contributed by atoms with Gasteiger partial charge in [-0.25, -0.2) is 10.2 Å². The molecule has 1 rings (SSSR count). The van der Waals surface area contributed by atoms with Gasteiger partial charge in [-0.1, -0.05) is 18.2 Å². The summed E-state index contributed by atoms with van der Waals surface area (Å²) in [5.74, 6) is -0.403. The molecule has 0 spiro atoms. The fourth-order valence-electron chi connectivity index (χ4n) is 0.933. The SMILES string of the molecule is CC(=NNC(N)=O)C(=O)Nc1ccccc1. The van der Waals surface area contributed by atoms with Crippen LogP contribution in [0.2, 0.25) is 0 Å². The Hall–Kier alpha value is -2.37. The van der Waals surface area contributed by atoms with Gasteiger partial charge < -0.3 is 11.1 Å². The van der Waals surface area contributed by atoms with E-state index in [0.717, 1.165) is 0 Å². The molecule has 0 heterocycles. The van der Waals surface area contributed by atoms with E-state index in [4.69, 9.17) is 5.73 Å². The average Bonchev–Trinajstić information content (AvgIpc) is 2.27. The minimum Gasteiger partial charge on any atom is -0.350 e. The van der Waals surface area contributed by atoms with Crippen molar-refractivity contribution in [1.29, 1.82) is 0 Å². The maximum atomic E-state index is 11.5. The van der Waals surface area contributed by atoms with E-state index in [1.807, 2.05) is 11.5 Å². The Balaban J connectivity index is 2.59. The molecule has 0 radical (unpaired) electrons. The number of para-hydroxylation sites is 1. The van der Waals surface area contributed by atoms with Crippen LogP contribution in [0, 0.1) is 0 Å². The first-order valence-electron chi connectivity index (χ1n) is 4.55. The number of hydrogen-bond acceptors (Lipinski definition) is 3. The van der Waals surface area contributed by atoms with Gasteiger partial charge in [0.2, 0.25) is 0 Å². The molecule has 0 aliphatic carbocycles. The number of benzene rings is 1. The summed E-state index contributed by atoms with van der Waals surface area (Å²) in [4.78, 5) is 21.8. The summed E-state index contributed by atoms with van der Waals surface area (Å²) in [5, 5.41) is 6.10. The highest BCUT2D eigenvalue weighted by Crippen LogP contribution is 2.04. The van der Waals surface area contributed by atoms with Crippen molar-refractivity contribution in [3.8, 4) is 0 Å². The lowest BCUT2D eigenvalue weighted by Crippen LogP contribution is -2.28. The van der Waals surface area contributed by atoms with Crippen molar-refractivity contribution in [2.75, 3.05) is 5.32 Å². The summed E-state index contributed by atoms with van der Waals surface area (Å²) in [5.41, 5.74) is 7.55. The summed E-state index contributed by atoms with van der Waals surface area (Å²) in [6.07, 6.45) is 0. The van der Waals surface area contributed by atoms with Crippen LogP contribution in [-0.2, 0) is 4.79 Å². The summed E-state index contributed by atoms with van der Waals surface area (Å²) in [7, 11) is 0. The van der Waals surface area contributed by atoms with Gasteiger partial charge in [-0.3, -0.25) is 4.79 Å². The highest BCUT2D eigenvalue weighted by molar-refractivity contribution is 6.42. The van der Waals surface area contributed by atoms with E-state index in [-0.39, 0.29) is 5.71 Å². The summed E-state index contributed by atoms with van der Waals surface area (Å²) < 4.78 is 0. The lowest BCUT2D eigenvalue weighted by molar-refractivity contribution is -0.110. The number of carbonyl (C=O) groups excluding carboxylic acids is 2. The molecule has 0 bridgehead atoms. The van der Waals surface area contributed by atoms with Crippen LogP contribution in [0.3, 0.4) is 0 Å².